The van der Waals surface area contributed by atoms with E-state index >= 15 is 0 Å². The zero-order valence-corrected chi connectivity index (χ0v) is 11.6. The molecule has 1 N–H and O–H groups in total. The molecule has 0 fully saturated rings. The monoisotopic (exact) mass is 323 g/mol. The number of halogens is 3. The van der Waals surface area contributed by atoms with Crippen LogP contribution in [0.2, 0.25) is 15.2 Å². The second kappa shape index (κ2) is 5.32. The molecule has 0 amide bonds. The molecule has 0 unspecified atom stereocenters. The lowest BCUT2D eigenvalue weighted by molar-refractivity contribution is 0.0702. The number of benzene rings is 1. The van der Waals surface area contributed by atoms with Gasteiger partial charge in [0.05, 0.1) is 0 Å². The summed E-state index contributed by atoms with van der Waals surface area (Å²) < 4.78 is 5.34. The molecule has 0 radical (unpaired) electrons. The predicted molar refractivity (Wildman–Crippen MR) is 70.6 cm³/mol. The van der Waals surface area contributed by atoms with Crippen LogP contribution in [-0.4, -0.2) is 16.1 Å². The number of ether oxygens (including phenoxy) is 1. The molecule has 0 saturated heterocycles. The zero-order valence-electron chi connectivity index (χ0n) is 8.49. The van der Waals surface area contributed by atoms with Gasteiger partial charge in [-0.2, -0.15) is 4.98 Å². The van der Waals surface area contributed by atoms with Gasteiger partial charge < -0.3 is 9.84 Å². The highest BCUT2D eigenvalue weighted by Gasteiger charge is 2.17. The van der Waals surface area contributed by atoms with Gasteiger partial charge in [-0.05, 0) is 18.2 Å². The highest BCUT2D eigenvalue weighted by Crippen LogP contribution is 2.33. The lowest BCUT2D eigenvalue weighted by Gasteiger charge is -2.02. The van der Waals surface area contributed by atoms with Crippen LogP contribution in [-0.2, 0) is 0 Å². The molecule has 2 aromatic rings. The molecule has 1 aromatic heterocycles. The van der Waals surface area contributed by atoms with Gasteiger partial charge in [-0.25, -0.2) is 4.79 Å². The minimum atomic E-state index is -1.16. The maximum absolute atomic E-state index is 10.8. The van der Waals surface area contributed by atoms with Gasteiger partial charge >= 0.3 is 5.97 Å². The Bertz CT molecular complexity index is 594. The summed E-state index contributed by atoms with van der Waals surface area (Å²) in [5.41, 5.74) is 0. The number of carboxylic acid groups (broad SMARTS) is 1. The Morgan fingerprint density at radius 3 is 2.33 bits per heavy atom. The predicted octanol–water partition coefficient (Wildman–Crippen LogP) is 4.59. The van der Waals surface area contributed by atoms with Crippen LogP contribution in [0, 0.1) is 0 Å². The second-order valence-corrected chi connectivity index (χ2v) is 5.30. The van der Waals surface area contributed by atoms with Gasteiger partial charge in [0.1, 0.15) is 5.75 Å². The molecule has 94 valence electrons. The lowest BCUT2D eigenvalue weighted by atomic mass is 10.3. The van der Waals surface area contributed by atoms with Gasteiger partial charge in [0.25, 0.3) is 5.19 Å². The first-order valence-corrected chi connectivity index (χ1v) is 6.44. The molecule has 0 aliphatic heterocycles. The number of carbonyl (C=O) groups is 1. The number of nitrogens with zero attached hydrogens (tertiary/aromatic N) is 1. The first-order valence-electron chi connectivity index (χ1n) is 4.49. The van der Waals surface area contributed by atoms with Gasteiger partial charge in [0, 0.05) is 10.0 Å². The van der Waals surface area contributed by atoms with Crippen LogP contribution in [0.3, 0.4) is 0 Å². The van der Waals surface area contributed by atoms with E-state index in [0.717, 1.165) is 11.3 Å². The Morgan fingerprint density at radius 2 is 1.83 bits per heavy atom. The summed E-state index contributed by atoms with van der Waals surface area (Å²) in [4.78, 5) is 14.5. The van der Waals surface area contributed by atoms with Gasteiger partial charge in [-0.15, -0.1) is 0 Å². The fourth-order valence-electron chi connectivity index (χ4n) is 1.15. The SMILES string of the molecule is O=C(O)c1sc(Oc2cc(Cl)cc(Cl)c2)nc1Cl. The lowest BCUT2D eigenvalue weighted by Crippen LogP contribution is -1.91. The van der Waals surface area contributed by atoms with E-state index in [1.165, 1.54) is 12.1 Å². The fourth-order valence-corrected chi connectivity index (χ4v) is 2.64. The summed E-state index contributed by atoms with van der Waals surface area (Å²) in [6, 6.07) is 4.61. The van der Waals surface area contributed by atoms with Crippen molar-refractivity contribution in [3.05, 3.63) is 38.3 Å². The van der Waals surface area contributed by atoms with Gasteiger partial charge in [-0.3, -0.25) is 0 Å². The Balaban J connectivity index is 2.28. The average molecular weight is 325 g/mol. The smallest absolute Gasteiger partial charge is 0.349 e. The molecule has 1 aromatic carbocycles. The van der Waals surface area contributed by atoms with Crippen LogP contribution in [0.1, 0.15) is 9.67 Å². The highest BCUT2D eigenvalue weighted by atomic mass is 35.5. The third-order valence-electron chi connectivity index (χ3n) is 1.80. The van der Waals surface area contributed by atoms with Crippen LogP contribution in [0.25, 0.3) is 0 Å². The van der Waals surface area contributed by atoms with E-state index in [2.05, 4.69) is 4.98 Å². The summed E-state index contributed by atoms with van der Waals surface area (Å²) in [5.74, 6) is -0.800. The minimum Gasteiger partial charge on any atom is -0.477 e. The summed E-state index contributed by atoms with van der Waals surface area (Å²) >= 11 is 18.1. The van der Waals surface area contributed by atoms with E-state index in [0.29, 0.717) is 15.8 Å². The number of rotatable bonds is 3. The Morgan fingerprint density at radius 1 is 1.22 bits per heavy atom. The van der Waals surface area contributed by atoms with Gasteiger partial charge in [0.15, 0.2) is 10.0 Å². The van der Waals surface area contributed by atoms with E-state index < -0.39 is 5.97 Å². The van der Waals surface area contributed by atoms with Crippen LogP contribution < -0.4 is 4.74 Å². The minimum absolute atomic E-state index is 0.0835. The van der Waals surface area contributed by atoms with Crippen LogP contribution in [0.5, 0.6) is 10.9 Å². The Hall–Kier alpha value is -1.01. The number of hydrogen-bond acceptors (Lipinski definition) is 4. The van der Waals surface area contributed by atoms with Gasteiger partial charge in [0.2, 0.25) is 0 Å². The molecule has 0 spiro atoms. The normalized spacial score (nSPS) is 10.4. The van der Waals surface area contributed by atoms with Crippen molar-refractivity contribution in [1.29, 1.82) is 0 Å². The van der Waals surface area contributed by atoms with E-state index in [4.69, 9.17) is 44.6 Å². The van der Waals surface area contributed by atoms with Crippen molar-refractivity contribution in [3.8, 4) is 10.9 Å². The molecular weight excluding hydrogens is 321 g/mol. The number of carboxylic acids is 1. The van der Waals surface area contributed by atoms with Crippen LogP contribution in [0.15, 0.2) is 18.2 Å². The van der Waals surface area contributed by atoms with Crippen molar-refractivity contribution in [1.82, 2.24) is 4.98 Å². The quantitative estimate of drug-likeness (QED) is 0.896. The molecule has 0 bridgehead atoms. The van der Waals surface area contributed by atoms with Crippen molar-refractivity contribution >= 4 is 52.1 Å². The summed E-state index contributed by atoms with van der Waals surface area (Å²) in [6.07, 6.45) is 0. The third kappa shape index (κ3) is 3.05. The molecular formula is C10H4Cl3NO3S. The van der Waals surface area contributed by atoms with E-state index in [9.17, 15) is 4.79 Å². The summed E-state index contributed by atoms with van der Waals surface area (Å²) in [5, 5.41) is 9.62. The molecule has 8 heteroatoms. The first-order chi connectivity index (χ1) is 8.45. The average Bonchev–Trinajstić information content (AvgIpc) is 2.57. The molecule has 1 heterocycles. The van der Waals surface area contributed by atoms with Crippen molar-refractivity contribution in [3.63, 3.8) is 0 Å². The Labute approximate surface area is 121 Å². The number of thiazole rings is 1. The summed E-state index contributed by atoms with van der Waals surface area (Å²) in [7, 11) is 0. The molecule has 4 nitrogen and oxygen atoms in total. The molecule has 18 heavy (non-hydrogen) atoms. The Kier molecular flexibility index (Phi) is 3.97. The number of hydrogen-bond donors (Lipinski definition) is 1. The van der Waals surface area contributed by atoms with E-state index in [1.54, 1.807) is 6.07 Å². The number of aromatic nitrogens is 1. The molecule has 0 aliphatic carbocycles. The van der Waals surface area contributed by atoms with Crippen molar-refractivity contribution in [2.75, 3.05) is 0 Å². The highest BCUT2D eigenvalue weighted by molar-refractivity contribution is 7.15. The van der Waals surface area contributed by atoms with E-state index in [-0.39, 0.29) is 15.2 Å². The molecule has 0 saturated carbocycles. The fraction of sp³-hybridized carbons (Fsp3) is 0. The second-order valence-electron chi connectivity index (χ2n) is 3.11. The van der Waals surface area contributed by atoms with E-state index in [1.807, 2.05) is 0 Å². The third-order valence-corrected chi connectivity index (χ3v) is 3.54. The van der Waals surface area contributed by atoms with Gasteiger partial charge in [-0.1, -0.05) is 46.1 Å². The standard InChI is InChI=1S/C10H4Cl3NO3S/c11-4-1-5(12)3-6(2-4)17-10-14-8(13)7(18-10)9(15)16/h1-3H,(H,15,16). The van der Waals surface area contributed by atoms with Crippen molar-refractivity contribution in [2.24, 2.45) is 0 Å². The maximum Gasteiger partial charge on any atom is 0.349 e. The number of aromatic carboxylic acids is 1. The largest absolute Gasteiger partial charge is 0.477 e. The van der Waals surface area contributed by atoms with Crippen LogP contribution in [0.4, 0.5) is 0 Å². The molecule has 0 aliphatic rings. The topological polar surface area (TPSA) is 59.4 Å². The molecule has 0 atom stereocenters. The summed E-state index contributed by atoms with van der Waals surface area (Å²) in [6.45, 7) is 0. The van der Waals surface area contributed by atoms with Crippen LogP contribution >= 0.6 is 46.1 Å². The zero-order chi connectivity index (χ0) is 13.3. The van der Waals surface area contributed by atoms with Crippen molar-refractivity contribution < 1.29 is 14.6 Å². The first kappa shape index (κ1) is 13.4. The molecule has 2 rings (SSSR count). The maximum atomic E-state index is 10.8. The van der Waals surface area contributed by atoms with Crippen molar-refractivity contribution in [2.45, 2.75) is 0 Å².